The van der Waals surface area contributed by atoms with E-state index in [1.54, 1.807) is 25.4 Å². The van der Waals surface area contributed by atoms with Crippen molar-refractivity contribution < 1.29 is 14.6 Å². The van der Waals surface area contributed by atoms with Crippen molar-refractivity contribution >= 4 is 17.2 Å². The van der Waals surface area contributed by atoms with E-state index in [2.05, 4.69) is 12.2 Å². The van der Waals surface area contributed by atoms with Gasteiger partial charge in [0.1, 0.15) is 0 Å². The maximum atomic E-state index is 12.2. The summed E-state index contributed by atoms with van der Waals surface area (Å²) in [6.45, 7) is 4.70. The van der Waals surface area contributed by atoms with Crippen LogP contribution in [0.4, 0.5) is 0 Å². The number of hydrogen-bond acceptors (Lipinski definition) is 4. The van der Waals surface area contributed by atoms with Gasteiger partial charge in [0.05, 0.1) is 10.5 Å². The second kappa shape index (κ2) is 6.90. The monoisotopic (exact) mass is 311 g/mol. The number of rotatable bonds is 6. The third-order valence-electron chi connectivity index (χ3n) is 4.03. The Morgan fingerprint density at radius 3 is 3.10 bits per heavy atom. The van der Waals surface area contributed by atoms with Crippen LogP contribution in [-0.4, -0.2) is 36.9 Å². The molecule has 1 aromatic heterocycles. The molecule has 0 fully saturated rings. The number of aryl methyl sites for hydroxylation is 1. The zero-order valence-corrected chi connectivity index (χ0v) is 13.9. The molecule has 0 aliphatic heterocycles. The molecule has 0 saturated heterocycles. The quantitative estimate of drug-likeness (QED) is 0.848. The summed E-state index contributed by atoms with van der Waals surface area (Å²) in [5, 5.41) is 13.0. The fraction of sp³-hybridized carbons (Fsp3) is 0.688. The van der Waals surface area contributed by atoms with Crippen LogP contribution >= 0.6 is 11.3 Å². The molecule has 0 bridgehead atoms. The van der Waals surface area contributed by atoms with Crippen LogP contribution in [0.15, 0.2) is 6.07 Å². The molecule has 1 amide bonds. The first-order valence-corrected chi connectivity index (χ1v) is 8.34. The van der Waals surface area contributed by atoms with Gasteiger partial charge in [-0.2, -0.15) is 0 Å². The molecule has 118 valence electrons. The van der Waals surface area contributed by atoms with Gasteiger partial charge >= 0.3 is 0 Å². The summed E-state index contributed by atoms with van der Waals surface area (Å²) in [7, 11) is 1.60. The van der Waals surface area contributed by atoms with E-state index < -0.39 is 5.60 Å². The second-order valence-electron chi connectivity index (χ2n) is 6.33. The molecule has 0 aromatic carbocycles. The first kappa shape index (κ1) is 16.5. The van der Waals surface area contributed by atoms with Gasteiger partial charge in [-0.25, -0.2) is 0 Å². The fourth-order valence-corrected chi connectivity index (χ4v) is 3.71. The van der Waals surface area contributed by atoms with Crippen molar-refractivity contribution in [3.63, 3.8) is 0 Å². The lowest BCUT2D eigenvalue weighted by molar-refractivity contribution is 0.0244. The molecule has 0 spiro atoms. The number of fused-ring (bicyclic) bond motifs is 1. The van der Waals surface area contributed by atoms with Crippen LogP contribution < -0.4 is 5.32 Å². The average Bonchev–Trinajstić information content (AvgIpc) is 2.85. The van der Waals surface area contributed by atoms with E-state index in [4.69, 9.17) is 4.74 Å². The maximum absolute atomic E-state index is 12.2. The molecule has 1 aromatic rings. The standard InChI is InChI=1S/C16H25NO3S/c1-11-4-5-13-12(8-11)9-14(21-13)15(18)17-10-16(2,19)6-7-20-3/h9,11,19H,4-8,10H2,1-3H3,(H,17,18). The fourth-order valence-electron chi connectivity index (χ4n) is 2.59. The first-order chi connectivity index (χ1) is 9.91. The topological polar surface area (TPSA) is 58.6 Å². The second-order valence-corrected chi connectivity index (χ2v) is 7.47. The molecule has 2 rings (SSSR count). The minimum atomic E-state index is -0.933. The van der Waals surface area contributed by atoms with Crippen LogP contribution in [0.25, 0.3) is 0 Å². The summed E-state index contributed by atoms with van der Waals surface area (Å²) in [5.74, 6) is 0.623. The highest BCUT2D eigenvalue weighted by Crippen LogP contribution is 2.32. The molecular formula is C16H25NO3S. The predicted octanol–water partition coefficient (Wildman–Crippen LogP) is 2.39. The number of thiophene rings is 1. The van der Waals surface area contributed by atoms with Gasteiger partial charge < -0.3 is 15.2 Å². The summed E-state index contributed by atoms with van der Waals surface area (Å²) < 4.78 is 4.96. The normalized spacial score (nSPS) is 20.7. The van der Waals surface area contributed by atoms with E-state index in [0.717, 1.165) is 17.7 Å². The number of nitrogens with one attached hydrogen (secondary N) is 1. The van der Waals surface area contributed by atoms with Crippen molar-refractivity contribution in [2.45, 2.75) is 45.1 Å². The van der Waals surface area contributed by atoms with Gasteiger partial charge in [-0.15, -0.1) is 11.3 Å². The van der Waals surface area contributed by atoms with Crippen molar-refractivity contribution in [2.75, 3.05) is 20.3 Å². The van der Waals surface area contributed by atoms with Crippen molar-refractivity contribution in [3.8, 4) is 0 Å². The highest BCUT2D eigenvalue weighted by atomic mass is 32.1. The molecule has 1 aliphatic rings. The molecule has 4 nitrogen and oxygen atoms in total. The molecule has 2 unspecified atom stereocenters. The van der Waals surface area contributed by atoms with Gasteiger partial charge in [0.25, 0.3) is 5.91 Å². The predicted molar refractivity (Wildman–Crippen MR) is 85.0 cm³/mol. The number of ether oxygens (including phenoxy) is 1. The number of carbonyl (C=O) groups excluding carboxylic acids is 1. The lowest BCUT2D eigenvalue weighted by Crippen LogP contribution is -2.41. The Hall–Kier alpha value is -0.910. The van der Waals surface area contributed by atoms with Crippen LogP contribution in [0.1, 0.15) is 46.8 Å². The van der Waals surface area contributed by atoms with Gasteiger partial charge in [-0.05, 0) is 43.7 Å². The number of amides is 1. The van der Waals surface area contributed by atoms with E-state index in [0.29, 0.717) is 18.9 Å². The van der Waals surface area contributed by atoms with E-state index in [-0.39, 0.29) is 12.5 Å². The van der Waals surface area contributed by atoms with Gasteiger partial charge in [0, 0.05) is 31.6 Å². The lowest BCUT2D eigenvalue weighted by atomic mass is 9.90. The van der Waals surface area contributed by atoms with E-state index >= 15 is 0 Å². The Bertz CT molecular complexity index is 496. The summed E-state index contributed by atoms with van der Waals surface area (Å²) in [6, 6.07) is 2.02. The zero-order chi connectivity index (χ0) is 15.5. The van der Waals surface area contributed by atoms with Crippen molar-refractivity contribution in [3.05, 3.63) is 21.4 Å². The molecule has 1 heterocycles. The summed E-state index contributed by atoms with van der Waals surface area (Å²) in [5.41, 5.74) is 0.395. The molecule has 0 saturated carbocycles. The molecule has 0 radical (unpaired) electrons. The Kier molecular flexibility index (Phi) is 5.41. The van der Waals surface area contributed by atoms with Crippen LogP contribution in [-0.2, 0) is 17.6 Å². The minimum Gasteiger partial charge on any atom is -0.388 e. The highest BCUT2D eigenvalue weighted by Gasteiger charge is 2.24. The Labute approximate surface area is 130 Å². The summed E-state index contributed by atoms with van der Waals surface area (Å²) in [6.07, 6.45) is 3.87. The van der Waals surface area contributed by atoms with Crippen molar-refractivity contribution in [2.24, 2.45) is 5.92 Å². The maximum Gasteiger partial charge on any atom is 0.261 e. The smallest absolute Gasteiger partial charge is 0.261 e. The average molecular weight is 311 g/mol. The van der Waals surface area contributed by atoms with Crippen molar-refractivity contribution in [1.29, 1.82) is 0 Å². The van der Waals surface area contributed by atoms with E-state index in [9.17, 15) is 9.90 Å². The van der Waals surface area contributed by atoms with Crippen LogP contribution in [0.5, 0.6) is 0 Å². The molecule has 2 atom stereocenters. The molecule has 5 heteroatoms. The largest absolute Gasteiger partial charge is 0.388 e. The first-order valence-electron chi connectivity index (χ1n) is 7.52. The highest BCUT2D eigenvalue weighted by molar-refractivity contribution is 7.14. The number of aliphatic hydroxyl groups is 1. The van der Waals surface area contributed by atoms with Crippen LogP contribution in [0.2, 0.25) is 0 Å². The Morgan fingerprint density at radius 1 is 1.62 bits per heavy atom. The summed E-state index contributed by atoms with van der Waals surface area (Å²) >= 11 is 1.60. The third-order valence-corrected chi connectivity index (χ3v) is 5.26. The van der Waals surface area contributed by atoms with E-state index in [1.165, 1.54) is 16.9 Å². The number of hydrogen-bond donors (Lipinski definition) is 2. The molecule has 21 heavy (non-hydrogen) atoms. The Balaban J connectivity index is 1.92. The van der Waals surface area contributed by atoms with Gasteiger partial charge in [0.15, 0.2) is 0 Å². The third kappa shape index (κ3) is 4.53. The summed E-state index contributed by atoms with van der Waals surface area (Å²) in [4.78, 5) is 14.3. The number of methoxy groups -OCH3 is 1. The van der Waals surface area contributed by atoms with Gasteiger partial charge in [-0.1, -0.05) is 6.92 Å². The van der Waals surface area contributed by atoms with Crippen molar-refractivity contribution in [1.82, 2.24) is 5.32 Å². The van der Waals surface area contributed by atoms with Gasteiger partial charge in [-0.3, -0.25) is 4.79 Å². The van der Waals surface area contributed by atoms with E-state index in [1.807, 2.05) is 6.07 Å². The van der Waals surface area contributed by atoms with Crippen LogP contribution in [0.3, 0.4) is 0 Å². The zero-order valence-electron chi connectivity index (χ0n) is 13.1. The number of carbonyl (C=O) groups is 1. The lowest BCUT2D eigenvalue weighted by Gasteiger charge is -2.22. The van der Waals surface area contributed by atoms with Gasteiger partial charge in [0.2, 0.25) is 0 Å². The minimum absolute atomic E-state index is 0.0836. The Morgan fingerprint density at radius 2 is 2.38 bits per heavy atom. The van der Waals surface area contributed by atoms with Crippen LogP contribution in [0, 0.1) is 5.92 Å². The molecular weight excluding hydrogens is 286 g/mol. The molecule has 2 N–H and O–H groups in total. The SMILES string of the molecule is COCCC(C)(O)CNC(=O)c1cc2c(s1)CCC(C)C2. The molecule has 1 aliphatic carbocycles.